The zero-order valence-corrected chi connectivity index (χ0v) is 14.1. The van der Waals surface area contributed by atoms with E-state index in [-0.39, 0.29) is 0 Å². The standard InChI is InChI=1S/C17H26N4O2/c1-12(2)11-21-6-4-5-15(21)10-19-16(22)17(23)20-14-7-13(3)8-18-9-14/h7-9,12,15H,4-6,10-11H2,1-3H3,(H,19,22)(H,20,23)/t15-/m0/s1. The normalized spacial score (nSPS) is 18.2. The molecule has 0 unspecified atom stereocenters. The van der Waals surface area contributed by atoms with Gasteiger partial charge in [-0.05, 0) is 43.9 Å². The summed E-state index contributed by atoms with van der Waals surface area (Å²) >= 11 is 0. The van der Waals surface area contributed by atoms with Gasteiger partial charge >= 0.3 is 11.8 Å². The first kappa shape index (κ1) is 17.4. The molecule has 0 saturated carbocycles. The SMILES string of the molecule is Cc1cncc(NC(=O)C(=O)NC[C@@H]2CCCN2CC(C)C)c1. The number of pyridine rings is 1. The van der Waals surface area contributed by atoms with Gasteiger partial charge in [0, 0.05) is 25.3 Å². The smallest absolute Gasteiger partial charge is 0.313 e. The number of hydrogen-bond donors (Lipinski definition) is 2. The first-order valence-corrected chi connectivity index (χ1v) is 8.20. The lowest BCUT2D eigenvalue weighted by atomic mass is 10.1. The Morgan fingerprint density at radius 1 is 1.35 bits per heavy atom. The molecule has 6 heteroatoms. The van der Waals surface area contributed by atoms with Crippen molar-refractivity contribution in [3.05, 3.63) is 24.0 Å². The molecule has 0 radical (unpaired) electrons. The largest absolute Gasteiger partial charge is 0.346 e. The number of aryl methyl sites for hydroxylation is 1. The highest BCUT2D eigenvalue weighted by molar-refractivity contribution is 6.39. The summed E-state index contributed by atoms with van der Waals surface area (Å²) in [5.41, 5.74) is 1.46. The molecule has 0 aliphatic carbocycles. The summed E-state index contributed by atoms with van der Waals surface area (Å²) in [6.45, 7) is 8.88. The van der Waals surface area contributed by atoms with E-state index in [4.69, 9.17) is 0 Å². The molecule has 1 atom stereocenters. The molecule has 23 heavy (non-hydrogen) atoms. The Kier molecular flexibility index (Phi) is 6.10. The van der Waals surface area contributed by atoms with Crippen LogP contribution >= 0.6 is 0 Å². The van der Waals surface area contributed by atoms with Crippen LogP contribution in [0, 0.1) is 12.8 Å². The second kappa shape index (κ2) is 8.06. The molecule has 2 N–H and O–H groups in total. The van der Waals surface area contributed by atoms with E-state index in [9.17, 15) is 9.59 Å². The molecule has 1 aromatic heterocycles. The van der Waals surface area contributed by atoms with Crippen molar-refractivity contribution in [3.8, 4) is 0 Å². The van der Waals surface area contributed by atoms with Crippen LogP contribution in [0.25, 0.3) is 0 Å². The quantitative estimate of drug-likeness (QED) is 0.808. The van der Waals surface area contributed by atoms with E-state index < -0.39 is 11.8 Å². The molecule has 0 bridgehead atoms. The van der Waals surface area contributed by atoms with Crippen molar-refractivity contribution >= 4 is 17.5 Å². The summed E-state index contributed by atoms with van der Waals surface area (Å²) in [5, 5.41) is 5.32. The predicted octanol–water partition coefficient (Wildman–Crippen LogP) is 1.57. The maximum Gasteiger partial charge on any atom is 0.313 e. The first-order valence-electron chi connectivity index (χ1n) is 8.20. The zero-order chi connectivity index (χ0) is 16.8. The average molecular weight is 318 g/mol. The summed E-state index contributed by atoms with van der Waals surface area (Å²) in [6, 6.07) is 2.11. The van der Waals surface area contributed by atoms with Crippen molar-refractivity contribution in [2.45, 2.75) is 39.7 Å². The van der Waals surface area contributed by atoms with E-state index in [1.165, 1.54) is 6.20 Å². The van der Waals surface area contributed by atoms with Crippen LogP contribution in [0.1, 0.15) is 32.3 Å². The van der Waals surface area contributed by atoms with Gasteiger partial charge in [-0.1, -0.05) is 13.8 Å². The van der Waals surface area contributed by atoms with Crippen LogP contribution in [0.2, 0.25) is 0 Å². The van der Waals surface area contributed by atoms with Crippen LogP contribution in [-0.2, 0) is 9.59 Å². The third-order valence-electron chi connectivity index (χ3n) is 3.94. The van der Waals surface area contributed by atoms with Crippen LogP contribution in [0.15, 0.2) is 18.5 Å². The predicted molar refractivity (Wildman–Crippen MR) is 90.0 cm³/mol. The number of amides is 2. The zero-order valence-electron chi connectivity index (χ0n) is 14.1. The van der Waals surface area contributed by atoms with Crippen LogP contribution in [0.4, 0.5) is 5.69 Å². The lowest BCUT2D eigenvalue weighted by molar-refractivity contribution is -0.136. The minimum absolute atomic E-state index is 0.329. The molecule has 2 heterocycles. The Bertz CT molecular complexity index is 559. The van der Waals surface area contributed by atoms with Gasteiger partial charge in [-0.2, -0.15) is 0 Å². The molecule has 2 rings (SSSR count). The number of aromatic nitrogens is 1. The van der Waals surface area contributed by atoms with E-state index in [2.05, 4.69) is 34.4 Å². The summed E-state index contributed by atoms with van der Waals surface area (Å²) in [5.74, 6) is -0.642. The number of nitrogens with one attached hydrogen (secondary N) is 2. The number of carbonyl (C=O) groups excluding carboxylic acids is 2. The molecule has 2 amide bonds. The number of hydrogen-bond acceptors (Lipinski definition) is 4. The number of likely N-dealkylation sites (tertiary alicyclic amines) is 1. The highest BCUT2D eigenvalue weighted by atomic mass is 16.2. The molecule has 1 aromatic rings. The molecular weight excluding hydrogens is 292 g/mol. The van der Waals surface area contributed by atoms with Crippen molar-refractivity contribution in [1.29, 1.82) is 0 Å². The third-order valence-corrected chi connectivity index (χ3v) is 3.94. The third kappa shape index (κ3) is 5.32. The Balaban J connectivity index is 1.81. The van der Waals surface area contributed by atoms with Crippen molar-refractivity contribution in [3.63, 3.8) is 0 Å². The van der Waals surface area contributed by atoms with E-state index in [0.29, 0.717) is 24.2 Å². The molecule has 1 aliphatic heterocycles. The second-order valence-corrected chi connectivity index (χ2v) is 6.60. The topological polar surface area (TPSA) is 74.3 Å². The lowest BCUT2D eigenvalue weighted by Gasteiger charge is -2.26. The molecule has 1 aliphatic rings. The first-order chi connectivity index (χ1) is 11.0. The highest BCUT2D eigenvalue weighted by Crippen LogP contribution is 2.17. The molecule has 0 aromatic carbocycles. The fourth-order valence-electron chi connectivity index (χ4n) is 2.94. The van der Waals surface area contributed by atoms with Gasteiger partial charge in [0.1, 0.15) is 0 Å². The van der Waals surface area contributed by atoms with Crippen LogP contribution in [0.5, 0.6) is 0 Å². The minimum Gasteiger partial charge on any atom is -0.346 e. The Hall–Kier alpha value is -1.95. The van der Waals surface area contributed by atoms with E-state index >= 15 is 0 Å². The molecule has 0 spiro atoms. The molecular formula is C17H26N4O2. The second-order valence-electron chi connectivity index (χ2n) is 6.60. The van der Waals surface area contributed by atoms with Crippen LogP contribution < -0.4 is 10.6 Å². The average Bonchev–Trinajstić information content (AvgIpc) is 2.91. The summed E-state index contributed by atoms with van der Waals surface area (Å²) < 4.78 is 0. The number of rotatable bonds is 5. The minimum atomic E-state index is -0.647. The van der Waals surface area contributed by atoms with Gasteiger partial charge in [-0.25, -0.2) is 0 Å². The van der Waals surface area contributed by atoms with Gasteiger partial charge in [0.2, 0.25) is 0 Å². The van der Waals surface area contributed by atoms with E-state index in [1.807, 2.05) is 6.92 Å². The van der Waals surface area contributed by atoms with Gasteiger partial charge < -0.3 is 10.6 Å². The van der Waals surface area contributed by atoms with E-state index in [1.54, 1.807) is 12.3 Å². The van der Waals surface area contributed by atoms with Gasteiger partial charge in [0.05, 0.1) is 11.9 Å². The summed E-state index contributed by atoms with van der Waals surface area (Å²) in [7, 11) is 0. The highest BCUT2D eigenvalue weighted by Gasteiger charge is 2.26. The van der Waals surface area contributed by atoms with Crippen molar-refractivity contribution in [2.24, 2.45) is 5.92 Å². The van der Waals surface area contributed by atoms with Crippen LogP contribution in [0.3, 0.4) is 0 Å². The Labute approximate surface area is 137 Å². The van der Waals surface area contributed by atoms with Crippen molar-refractivity contribution in [1.82, 2.24) is 15.2 Å². The number of carbonyl (C=O) groups is 2. The summed E-state index contributed by atoms with van der Waals surface area (Å²) in [4.78, 5) is 30.3. The molecule has 6 nitrogen and oxygen atoms in total. The maximum absolute atomic E-state index is 12.0. The van der Waals surface area contributed by atoms with Gasteiger partial charge in [0.15, 0.2) is 0 Å². The molecule has 1 fully saturated rings. The Morgan fingerprint density at radius 2 is 2.13 bits per heavy atom. The fourth-order valence-corrected chi connectivity index (χ4v) is 2.94. The van der Waals surface area contributed by atoms with Crippen molar-refractivity contribution < 1.29 is 9.59 Å². The lowest BCUT2D eigenvalue weighted by Crippen LogP contribution is -2.44. The summed E-state index contributed by atoms with van der Waals surface area (Å²) in [6.07, 6.45) is 5.43. The van der Waals surface area contributed by atoms with Gasteiger partial charge in [-0.3, -0.25) is 19.5 Å². The van der Waals surface area contributed by atoms with Gasteiger partial charge in [0.25, 0.3) is 0 Å². The number of anilines is 1. The van der Waals surface area contributed by atoms with E-state index in [0.717, 1.165) is 31.5 Å². The monoisotopic (exact) mass is 318 g/mol. The maximum atomic E-state index is 12.0. The Morgan fingerprint density at radius 3 is 2.83 bits per heavy atom. The van der Waals surface area contributed by atoms with Crippen molar-refractivity contribution in [2.75, 3.05) is 25.0 Å². The fraction of sp³-hybridized carbons (Fsp3) is 0.588. The molecule has 1 saturated heterocycles. The number of nitrogens with zero attached hydrogens (tertiary/aromatic N) is 2. The molecule has 126 valence electrons. The van der Waals surface area contributed by atoms with Crippen LogP contribution in [-0.4, -0.2) is 47.4 Å². The van der Waals surface area contributed by atoms with Gasteiger partial charge in [-0.15, -0.1) is 0 Å².